The number of rotatable bonds is 7. The quantitative estimate of drug-likeness (QED) is 0.771. The van der Waals surface area contributed by atoms with Gasteiger partial charge in [-0.2, -0.15) is 0 Å². The van der Waals surface area contributed by atoms with Crippen LogP contribution in [0.15, 0.2) is 60.7 Å². The molecule has 22 heavy (non-hydrogen) atoms. The van der Waals surface area contributed by atoms with Crippen molar-refractivity contribution in [1.82, 2.24) is 10.6 Å². The number of amides is 1. The Balaban J connectivity index is 0.00000242. The van der Waals surface area contributed by atoms with Gasteiger partial charge in [0.2, 0.25) is 5.91 Å². The molecule has 0 aliphatic rings. The maximum atomic E-state index is 12.1. The lowest BCUT2D eigenvalue weighted by atomic mass is 9.88. The molecular weight excluding hydrogens is 296 g/mol. The first kappa shape index (κ1) is 18.2. The van der Waals surface area contributed by atoms with Gasteiger partial charge in [0.15, 0.2) is 0 Å². The summed E-state index contributed by atoms with van der Waals surface area (Å²) < 4.78 is 0. The van der Waals surface area contributed by atoms with Crippen LogP contribution in [0, 0.1) is 0 Å². The molecule has 0 aromatic heterocycles. The van der Waals surface area contributed by atoms with E-state index in [4.69, 9.17) is 0 Å². The first-order valence-corrected chi connectivity index (χ1v) is 7.32. The van der Waals surface area contributed by atoms with E-state index in [-0.39, 0.29) is 24.2 Å². The van der Waals surface area contributed by atoms with Gasteiger partial charge in [0.05, 0.1) is 0 Å². The van der Waals surface area contributed by atoms with Gasteiger partial charge in [-0.25, -0.2) is 0 Å². The van der Waals surface area contributed by atoms with Gasteiger partial charge in [0.1, 0.15) is 0 Å². The van der Waals surface area contributed by atoms with Gasteiger partial charge in [0, 0.05) is 25.4 Å². The average Bonchev–Trinajstić information content (AvgIpc) is 2.54. The van der Waals surface area contributed by atoms with Crippen molar-refractivity contribution >= 4 is 18.3 Å². The molecule has 0 bridgehead atoms. The number of benzene rings is 2. The largest absolute Gasteiger partial charge is 0.355 e. The van der Waals surface area contributed by atoms with Gasteiger partial charge in [0.25, 0.3) is 0 Å². The number of carbonyl (C=O) groups is 1. The Kier molecular flexibility index (Phi) is 8.26. The van der Waals surface area contributed by atoms with Crippen LogP contribution < -0.4 is 10.6 Å². The highest BCUT2D eigenvalue weighted by atomic mass is 35.5. The van der Waals surface area contributed by atoms with Crippen molar-refractivity contribution in [3.8, 4) is 0 Å². The smallest absolute Gasteiger partial charge is 0.220 e. The Hall–Kier alpha value is -1.84. The number of likely N-dealkylation sites (N-methyl/N-ethyl adjacent to an activating group) is 1. The minimum Gasteiger partial charge on any atom is -0.355 e. The van der Waals surface area contributed by atoms with Gasteiger partial charge >= 0.3 is 0 Å². The second kappa shape index (κ2) is 9.98. The second-order valence-electron chi connectivity index (χ2n) is 5.03. The second-order valence-corrected chi connectivity index (χ2v) is 5.03. The lowest BCUT2D eigenvalue weighted by molar-refractivity contribution is -0.121. The standard InChI is InChI=1S/C18H22N2O.ClH/c1-19-12-13-20-18(21)14-17(15-8-4-2-5-9-15)16-10-6-3-7-11-16;/h2-11,17,19H,12-14H2,1H3,(H,20,21);1H. The maximum Gasteiger partial charge on any atom is 0.220 e. The predicted octanol–water partition coefficient (Wildman–Crippen LogP) is 2.97. The van der Waals surface area contributed by atoms with Crippen molar-refractivity contribution in [3.05, 3.63) is 71.8 Å². The SMILES string of the molecule is CNCCNC(=O)CC(c1ccccc1)c1ccccc1.Cl. The molecule has 0 aliphatic heterocycles. The van der Waals surface area contributed by atoms with E-state index < -0.39 is 0 Å². The first-order valence-electron chi connectivity index (χ1n) is 7.32. The molecule has 0 radical (unpaired) electrons. The monoisotopic (exact) mass is 318 g/mol. The van der Waals surface area contributed by atoms with E-state index in [9.17, 15) is 4.79 Å². The predicted molar refractivity (Wildman–Crippen MR) is 93.5 cm³/mol. The summed E-state index contributed by atoms with van der Waals surface area (Å²) in [6.07, 6.45) is 0.470. The zero-order chi connectivity index (χ0) is 14.9. The molecule has 2 N–H and O–H groups in total. The first-order chi connectivity index (χ1) is 10.3. The molecule has 0 heterocycles. The summed E-state index contributed by atoms with van der Waals surface area (Å²) in [4.78, 5) is 12.1. The fourth-order valence-electron chi connectivity index (χ4n) is 2.38. The molecule has 0 unspecified atom stereocenters. The highest BCUT2D eigenvalue weighted by Gasteiger charge is 2.17. The van der Waals surface area contributed by atoms with Crippen LogP contribution in [-0.4, -0.2) is 26.0 Å². The lowest BCUT2D eigenvalue weighted by Crippen LogP contribution is -2.31. The van der Waals surface area contributed by atoms with Gasteiger partial charge < -0.3 is 10.6 Å². The van der Waals surface area contributed by atoms with Gasteiger partial charge in [-0.15, -0.1) is 12.4 Å². The molecule has 0 saturated heterocycles. The van der Waals surface area contributed by atoms with E-state index in [0.29, 0.717) is 13.0 Å². The van der Waals surface area contributed by atoms with Crippen molar-refractivity contribution < 1.29 is 4.79 Å². The van der Waals surface area contributed by atoms with E-state index >= 15 is 0 Å². The van der Waals surface area contributed by atoms with Crippen molar-refractivity contribution in [1.29, 1.82) is 0 Å². The summed E-state index contributed by atoms with van der Waals surface area (Å²) in [6, 6.07) is 20.4. The summed E-state index contributed by atoms with van der Waals surface area (Å²) in [6.45, 7) is 1.44. The molecule has 4 heteroatoms. The summed E-state index contributed by atoms with van der Waals surface area (Å²) in [5.74, 6) is 0.185. The highest BCUT2D eigenvalue weighted by Crippen LogP contribution is 2.27. The summed E-state index contributed by atoms with van der Waals surface area (Å²) in [5, 5.41) is 5.98. The van der Waals surface area contributed by atoms with E-state index in [2.05, 4.69) is 34.9 Å². The molecule has 2 rings (SSSR count). The molecule has 3 nitrogen and oxygen atoms in total. The Morgan fingerprint density at radius 2 is 1.41 bits per heavy atom. The topological polar surface area (TPSA) is 41.1 Å². The minimum absolute atomic E-state index is 0. The fourth-order valence-corrected chi connectivity index (χ4v) is 2.38. The summed E-state index contributed by atoms with van der Waals surface area (Å²) in [7, 11) is 1.88. The molecule has 2 aromatic carbocycles. The number of hydrogen-bond acceptors (Lipinski definition) is 2. The zero-order valence-electron chi connectivity index (χ0n) is 12.8. The van der Waals surface area contributed by atoms with Crippen LogP contribution in [0.3, 0.4) is 0 Å². The van der Waals surface area contributed by atoms with Crippen LogP contribution in [0.5, 0.6) is 0 Å². The Morgan fingerprint density at radius 1 is 0.909 bits per heavy atom. The molecule has 118 valence electrons. The van der Waals surface area contributed by atoms with Crippen LogP contribution in [0.1, 0.15) is 23.5 Å². The van der Waals surface area contributed by atoms with Crippen molar-refractivity contribution in [2.75, 3.05) is 20.1 Å². The van der Waals surface area contributed by atoms with Crippen LogP contribution in [0.2, 0.25) is 0 Å². The van der Waals surface area contributed by atoms with E-state index in [0.717, 1.165) is 6.54 Å². The Morgan fingerprint density at radius 3 is 1.86 bits per heavy atom. The average molecular weight is 319 g/mol. The normalized spacial score (nSPS) is 10.1. The molecule has 2 aromatic rings. The lowest BCUT2D eigenvalue weighted by Gasteiger charge is -2.18. The molecule has 0 saturated carbocycles. The van der Waals surface area contributed by atoms with Gasteiger partial charge in [-0.1, -0.05) is 60.7 Å². The van der Waals surface area contributed by atoms with Gasteiger partial charge in [-0.05, 0) is 18.2 Å². The van der Waals surface area contributed by atoms with E-state index in [1.165, 1.54) is 11.1 Å². The zero-order valence-corrected chi connectivity index (χ0v) is 13.6. The van der Waals surface area contributed by atoms with E-state index in [1.54, 1.807) is 0 Å². The molecule has 1 amide bonds. The third kappa shape index (κ3) is 5.51. The van der Waals surface area contributed by atoms with Gasteiger partial charge in [-0.3, -0.25) is 4.79 Å². The fraction of sp³-hybridized carbons (Fsp3) is 0.278. The van der Waals surface area contributed by atoms with Crippen LogP contribution in [0.4, 0.5) is 0 Å². The van der Waals surface area contributed by atoms with Crippen LogP contribution >= 0.6 is 12.4 Å². The van der Waals surface area contributed by atoms with Crippen LogP contribution in [-0.2, 0) is 4.79 Å². The maximum absolute atomic E-state index is 12.1. The van der Waals surface area contributed by atoms with Crippen molar-refractivity contribution in [2.45, 2.75) is 12.3 Å². The molecule has 0 fully saturated rings. The minimum atomic E-state index is 0. The number of halogens is 1. The molecule has 0 aliphatic carbocycles. The highest BCUT2D eigenvalue weighted by molar-refractivity contribution is 5.85. The third-order valence-corrected chi connectivity index (χ3v) is 3.49. The molecule has 0 atom stereocenters. The molecule has 0 spiro atoms. The Bertz CT molecular complexity index is 506. The molecular formula is C18H23ClN2O. The number of carbonyl (C=O) groups excluding carboxylic acids is 1. The number of nitrogens with one attached hydrogen (secondary N) is 2. The number of hydrogen-bond donors (Lipinski definition) is 2. The third-order valence-electron chi connectivity index (χ3n) is 3.49. The van der Waals surface area contributed by atoms with Crippen molar-refractivity contribution in [3.63, 3.8) is 0 Å². The van der Waals surface area contributed by atoms with E-state index in [1.807, 2.05) is 43.4 Å². The van der Waals surface area contributed by atoms with Crippen molar-refractivity contribution in [2.24, 2.45) is 0 Å². The van der Waals surface area contributed by atoms with Crippen LogP contribution in [0.25, 0.3) is 0 Å². The summed E-state index contributed by atoms with van der Waals surface area (Å²) >= 11 is 0. The Labute approximate surface area is 138 Å². The summed E-state index contributed by atoms with van der Waals surface area (Å²) in [5.41, 5.74) is 2.35.